The van der Waals surface area contributed by atoms with Crippen LogP contribution in [0.4, 0.5) is 0 Å². The lowest BCUT2D eigenvalue weighted by Gasteiger charge is -2.15. The fourth-order valence-electron chi connectivity index (χ4n) is 2.52. The molecule has 0 aliphatic heterocycles. The van der Waals surface area contributed by atoms with Crippen LogP contribution in [0.2, 0.25) is 0 Å². The summed E-state index contributed by atoms with van der Waals surface area (Å²) in [5.41, 5.74) is 0.559. The van der Waals surface area contributed by atoms with E-state index in [1.165, 1.54) is 19.0 Å². The van der Waals surface area contributed by atoms with Crippen molar-refractivity contribution in [1.82, 2.24) is 15.1 Å². The Labute approximate surface area is 130 Å². The molecule has 0 unspecified atom stereocenters. The summed E-state index contributed by atoms with van der Waals surface area (Å²) in [6.07, 6.45) is 5.73. The number of carbonyl (C=O) groups excluding carboxylic acids is 1. The van der Waals surface area contributed by atoms with Crippen LogP contribution in [0.25, 0.3) is 10.9 Å². The number of unbranched alkanes of at least 4 members (excludes halogenated alkanes) is 2. The maximum absolute atomic E-state index is 12.1. The predicted octanol–water partition coefficient (Wildman–Crippen LogP) is 2.48. The van der Waals surface area contributed by atoms with E-state index in [0.29, 0.717) is 10.9 Å². The van der Waals surface area contributed by atoms with Crippen molar-refractivity contribution in [3.8, 4) is 0 Å². The van der Waals surface area contributed by atoms with Gasteiger partial charge in [-0.1, -0.05) is 38.3 Å². The van der Waals surface area contributed by atoms with Gasteiger partial charge in [0.05, 0.1) is 11.7 Å². The third kappa shape index (κ3) is 4.16. The SMILES string of the molecule is CCCCC[C@H](C)NC(=O)Cn1ncc(=O)c2ccccc21. The highest BCUT2D eigenvalue weighted by Gasteiger charge is 2.10. The van der Waals surface area contributed by atoms with E-state index in [-0.39, 0.29) is 23.9 Å². The first-order valence-corrected chi connectivity index (χ1v) is 7.86. The van der Waals surface area contributed by atoms with E-state index < -0.39 is 0 Å². The third-order valence-electron chi connectivity index (χ3n) is 3.70. The van der Waals surface area contributed by atoms with Crippen LogP contribution < -0.4 is 10.7 Å². The second-order valence-corrected chi connectivity index (χ2v) is 5.65. The summed E-state index contributed by atoms with van der Waals surface area (Å²) in [7, 11) is 0. The second-order valence-electron chi connectivity index (χ2n) is 5.65. The molecule has 0 spiro atoms. The molecule has 0 saturated heterocycles. The van der Waals surface area contributed by atoms with E-state index in [2.05, 4.69) is 17.3 Å². The molecule has 1 amide bonds. The lowest BCUT2D eigenvalue weighted by molar-refractivity contribution is -0.122. The number of benzene rings is 1. The Hall–Kier alpha value is -2.17. The summed E-state index contributed by atoms with van der Waals surface area (Å²) < 4.78 is 1.57. The van der Waals surface area contributed by atoms with Crippen molar-refractivity contribution >= 4 is 16.8 Å². The minimum absolute atomic E-state index is 0.0784. The van der Waals surface area contributed by atoms with Crippen LogP contribution in [0.5, 0.6) is 0 Å². The quantitative estimate of drug-likeness (QED) is 0.799. The Kier molecular flexibility index (Phi) is 5.69. The fourth-order valence-corrected chi connectivity index (χ4v) is 2.52. The van der Waals surface area contributed by atoms with Crippen molar-refractivity contribution in [2.75, 3.05) is 0 Å². The number of para-hydroxylation sites is 1. The molecule has 0 fully saturated rings. The molecule has 1 aromatic carbocycles. The number of carbonyl (C=O) groups is 1. The van der Waals surface area contributed by atoms with Gasteiger partial charge in [-0.15, -0.1) is 0 Å². The van der Waals surface area contributed by atoms with Crippen LogP contribution in [0.15, 0.2) is 35.3 Å². The van der Waals surface area contributed by atoms with E-state index >= 15 is 0 Å². The number of fused-ring (bicyclic) bond motifs is 1. The van der Waals surface area contributed by atoms with Gasteiger partial charge in [0.2, 0.25) is 11.3 Å². The van der Waals surface area contributed by atoms with E-state index in [1.807, 2.05) is 25.1 Å². The van der Waals surface area contributed by atoms with Gasteiger partial charge >= 0.3 is 0 Å². The summed E-state index contributed by atoms with van der Waals surface area (Å²) in [5.74, 6) is -0.0784. The van der Waals surface area contributed by atoms with Crippen molar-refractivity contribution in [2.24, 2.45) is 0 Å². The number of amides is 1. The van der Waals surface area contributed by atoms with Crippen molar-refractivity contribution < 1.29 is 4.79 Å². The first kappa shape index (κ1) is 16.2. The third-order valence-corrected chi connectivity index (χ3v) is 3.70. The first-order chi connectivity index (χ1) is 10.6. The average molecular weight is 301 g/mol. The number of aromatic nitrogens is 2. The second kappa shape index (κ2) is 7.73. The maximum atomic E-state index is 12.1. The largest absolute Gasteiger partial charge is 0.352 e. The molecular weight excluding hydrogens is 278 g/mol. The Balaban J connectivity index is 2.03. The van der Waals surface area contributed by atoms with Crippen molar-refractivity contribution in [3.63, 3.8) is 0 Å². The molecule has 0 saturated carbocycles. The zero-order valence-electron chi connectivity index (χ0n) is 13.2. The molecule has 0 bridgehead atoms. The van der Waals surface area contributed by atoms with Gasteiger partial charge in [0.1, 0.15) is 6.54 Å². The summed E-state index contributed by atoms with van der Waals surface area (Å²) in [4.78, 5) is 23.9. The molecule has 118 valence electrons. The van der Waals surface area contributed by atoms with Gasteiger partial charge < -0.3 is 5.32 Å². The summed E-state index contributed by atoms with van der Waals surface area (Å²) in [5, 5.41) is 7.65. The number of nitrogens with one attached hydrogen (secondary N) is 1. The molecule has 22 heavy (non-hydrogen) atoms. The topological polar surface area (TPSA) is 64.0 Å². The Morgan fingerprint density at radius 1 is 1.32 bits per heavy atom. The summed E-state index contributed by atoms with van der Waals surface area (Å²) in [6.45, 7) is 4.31. The molecular formula is C17H23N3O2. The molecule has 5 heteroatoms. The highest BCUT2D eigenvalue weighted by Crippen LogP contribution is 2.08. The van der Waals surface area contributed by atoms with Crippen molar-refractivity contribution in [3.05, 3.63) is 40.7 Å². The van der Waals surface area contributed by atoms with Crippen molar-refractivity contribution in [1.29, 1.82) is 0 Å². The maximum Gasteiger partial charge on any atom is 0.241 e. The molecule has 0 aliphatic rings. The molecule has 1 heterocycles. The van der Waals surface area contributed by atoms with Gasteiger partial charge in [-0.05, 0) is 25.5 Å². The van der Waals surface area contributed by atoms with Gasteiger partial charge in [-0.2, -0.15) is 5.10 Å². The normalized spacial score (nSPS) is 12.3. The Morgan fingerprint density at radius 3 is 2.86 bits per heavy atom. The van der Waals surface area contributed by atoms with Gasteiger partial charge in [0.25, 0.3) is 0 Å². The smallest absolute Gasteiger partial charge is 0.241 e. The number of nitrogens with zero attached hydrogens (tertiary/aromatic N) is 2. The van der Waals surface area contributed by atoms with Gasteiger partial charge in [-0.3, -0.25) is 14.3 Å². The summed E-state index contributed by atoms with van der Waals surface area (Å²) >= 11 is 0. The lowest BCUT2D eigenvalue weighted by Crippen LogP contribution is -2.35. The van der Waals surface area contributed by atoms with Crippen LogP contribution in [0.1, 0.15) is 39.5 Å². The highest BCUT2D eigenvalue weighted by atomic mass is 16.2. The zero-order chi connectivity index (χ0) is 15.9. The zero-order valence-corrected chi connectivity index (χ0v) is 13.2. The fraction of sp³-hybridized carbons (Fsp3) is 0.471. The molecule has 2 aromatic rings. The van der Waals surface area contributed by atoms with Crippen LogP contribution in [0, 0.1) is 0 Å². The van der Waals surface area contributed by atoms with Crippen LogP contribution in [-0.4, -0.2) is 21.7 Å². The summed E-state index contributed by atoms with van der Waals surface area (Å²) in [6, 6.07) is 7.36. The predicted molar refractivity (Wildman–Crippen MR) is 87.7 cm³/mol. The molecule has 1 N–H and O–H groups in total. The highest BCUT2D eigenvalue weighted by molar-refractivity contribution is 5.81. The Morgan fingerprint density at radius 2 is 2.09 bits per heavy atom. The van der Waals surface area contributed by atoms with Gasteiger partial charge in [-0.25, -0.2) is 0 Å². The van der Waals surface area contributed by atoms with Gasteiger partial charge in [0, 0.05) is 11.4 Å². The molecule has 5 nitrogen and oxygen atoms in total. The Bertz CT molecular complexity index is 694. The van der Waals surface area contributed by atoms with Gasteiger partial charge in [0.15, 0.2) is 0 Å². The monoisotopic (exact) mass is 301 g/mol. The van der Waals surface area contributed by atoms with E-state index in [4.69, 9.17) is 0 Å². The molecule has 0 radical (unpaired) electrons. The van der Waals surface area contributed by atoms with E-state index in [1.54, 1.807) is 10.7 Å². The van der Waals surface area contributed by atoms with E-state index in [0.717, 1.165) is 12.8 Å². The molecule has 1 atom stereocenters. The van der Waals surface area contributed by atoms with Crippen LogP contribution in [0.3, 0.4) is 0 Å². The molecule has 2 rings (SSSR count). The van der Waals surface area contributed by atoms with Crippen molar-refractivity contribution in [2.45, 2.75) is 52.1 Å². The van der Waals surface area contributed by atoms with E-state index in [9.17, 15) is 9.59 Å². The molecule has 0 aliphatic carbocycles. The van der Waals surface area contributed by atoms with Crippen LogP contribution >= 0.6 is 0 Å². The standard InChI is InChI=1S/C17H23N3O2/c1-3-4-5-8-13(2)19-17(22)12-20-15-10-7-6-9-14(15)16(21)11-18-20/h6-7,9-11,13H,3-5,8,12H2,1-2H3,(H,19,22)/t13-/m0/s1. The van der Waals surface area contributed by atoms with Crippen LogP contribution in [-0.2, 0) is 11.3 Å². The minimum atomic E-state index is -0.125. The number of hydrogen-bond acceptors (Lipinski definition) is 3. The molecule has 1 aromatic heterocycles. The first-order valence-electron chi connectivity index (χ1n) is 7.86. The average Bonchev–Trinajstić information content (AvgIpc) is 2.50. The minimum Gasteiger partial charge on any atom is -0.352 e. The number of rotatable bonds is 7. The number of hydrogen-bond donors (Lipinski definition) is 1. The lowest BCUT2D eigenvalue weighted by atomic mass is 10.1.